The van der Waals surface area contributed by atoms with Gasteiger partial charge in [-0.1, -0.05) is 0 Å². The number of hydrogen-bond acceptors (Lipinski definition) is 1. The van der Waals surface area contributed by atoms with E-state index in [-0.39, 0.29) is 0 Å². The molecule has 0 amide bonds. The second-order valence-corrected chi connectivity index (χ2v) is 15.9. The molecule has 0 bridgehead atoms. The molecule has 1 rings (SSSR count). The number of piperazine rings is 1. The van der Waals surface area contributed by atoms with E-state index in [1.807, 2.05) is 0 Å². The molecule has 1 aliphatic heterocycles. The molecule has 1 aliphatic rings. The first-order valence-electron chi connectivity index (χ1n) is 3.73. The monoisotopic (exact) mass is 331 g/mol. The summed E-state index contributed by atoms with van der Waals surface area (Å²) in [4.78, 5) is 0. The van der Waals surface area contributed by atoms with Gasteiger partial charge in [-0.05, 0) is 0 Å². The Morgan fingerprint density at radius 3 is 2.10 bits per heavy atom. The molecular weight excluding hydrogens is 315 g/mol. The third-order valence-electron chi connectivity index (χ3n) is 1.86. The summed E-state index contributed by atoms with van der Waals surface area (Å²) in [7, 11) is 0. The summed E-state index contributed by atoms with van der Waals surface area (Å²) in [5.41, 5.74) is 0. The summed E-state index contributed by atoms with van der Waals surface area (Å²) in [6.45, 7) is 10.2. The zero-order chi connectivity index (χ0) is 7.61. The number of nitrogens with zero attached hydrogens (tertiary/aromatic N) is 1. The minimum absolute atomic E-state index is 0.594. The quantitative estimate of drug-likeness (QED) is 0.644. The molecule has 1 heterocycles. The Balaban J connectivity index is 2.47. The molecule has 10 heavy (non-hydrogen) atoms. The Hall–Kier alpha value is 1.04. The van der Waals surface area contributed by atoms with Crippen molar-refractivity contribution in [3.8, 4) is 0 Å². The van der Waals surface area contributed by atoms with Gasteiger partial charge in [0.15, 0.2) is 0 Å². The van der Waals surface area contributed by atoms with Crippen LogP contribution in [0.5, 0.6) is 0 Å². The number of rotatable bonds is 1. The Morgan fingerprint density at radius 2 is 1.80 bits per heavy atom. The summed E-state index contributed by atoms with van der Waals surface area (Å²) in [5.74, 6) is 0. The van der Waals surface area contributed by atoms with Crippen molar-refractivity contribution in [2.24, 2.45) is 0 Å². The molecule has 2 N–H and O–H groups in total. The molecule has 0 atom stereocenters. The van der Waals surface area contributed by atoms with Crippen LogP contribution in [0.15, 0.2) is 0 Å². The van der Waals surface area contributed by atoms with Crippen LogP contribution in [-0.2, 0) is 18.8 Å². The standard InChI is InChI=1S/C6H15N2P.W/c1-9(2)8-5-3-7-4-6-8;/h7H,3-6H2,1-2H3;/p+1. The van der Waals surface area contributed by atoms with E-state index in [0.717, 1.165) is 0 Å². The van der Waals surface area contributed by atoms with Gasteiger partial charge < -0.3 is 0 Å². The normalized spacial score (nSPS) is 23.0. The van der Waals surface area contributed by atoms with Crippen LogP contribution in [0.2, 0.25) is 0 Å². The summed E-state index contributed by atoms with van der Waals surface area (Å²) in [6, 6.07) is 0. The fourth-order valence-electron chi connectivity index (χ4n) is 1.22. The molecule has 0 aliphatic carbocycles. The second kappa shape index (κ2) is 3.63. The van der Waals surface area contributed by atoms with E-state index in [9.17, 15) is 0 Å². The van der Waals surface area contributed by atoms with Gasteiger partial charge in [-0.2, -0.15) is 0 Å². The van der Waals surface area contributed by atoms with Crippen molar-refractivity contribution in [1.29, 1.82) is 0 Å². The van der Waals surface area contributed by atoms with E-state index in [0.29, 0.717) is 0 Å². The summed E-state index contributed by atoms with van der Waals surface area (Å²) in [6.07, 6.45) is 0. The third-order valence-corrected chi connectivity index (χ3v) is 6.12. The van der Waals surface area contributed by atoms with Gasteiger partial charge in [0, 0.05) is 0 Å². The molecule has 0 aromatic carbocycles. The van der Waals surface area contributed by atoms with Crippen LogP contribution in [-0.4, -0.2) is 44.2 Å². The first-order chi connectivity index (χ1) is 4.61. The van der Waals surface area contributed by atoms with Gasteiger partial charge in [0.05, 0.1) is 0 Å². The predicted octanol–water partition coefficient (Wildman–Crippen LogP) is -0.481. The van der Waals surface area contributed by atoms with Crippen molar-refractivity contribution >= 4 is 5.05 Å². The average molecular weight is 331 g/mol. The number of quaternary nitrogens is 1. The van der Waals surface area contributed by atoms with Crippen LogP contribution < -0.4 is 5.32 Å². The third kappa shape index (κ3) is 2.58. The molecule has 4 heteroatoms. The Kier molecular flexibility index (Phi) is 3.31. The molecule has 60 valence electrons. The number of hydrogen-bond donors (Lipinski definition) is 1. The van der Waals surface area contributed by atoms with Crippen LogP contribution in [0.3, 0.4) is 0 Å². The summed E-state index contributed by atoms with van der Waals surface area (Å²) >= 11 is 1.80. The van der Waals surface area contributed by atoms with Gasteiger partial charge in [-0.3, -0.25) is 0 Å². The predicted molar refractivity (Wildman–Crippen MR) is 42.0 cm³/mol. The van der Waals surface area contributed by atoms with E-state index in [4.69, 9.17) is 0 Å². The van der Waals surface area contributed by atoms with Crippen LogP contribution in [0.25, 0.3) is 0 Å². The molecule has 1 fully saturated rings. The van der Waals surface area contributed by atoms with Crippen molar-refractivity contribution in [1.82, 2.24) is 4.67 Å². The Morgan fingerprint density at radius 1 is 1.30 bits per heavy atom. The summed E-state index contributed by atoms with van der Waals surface area (Å²) in [5, 5.41) is 1.82. The van der Waals surface area contributed by atoms with Crippen molar-refractivity contribution < 1.29 is 24.1 Å². The average Bonchev–Trinajstić information content (AvgIpc) is 1.88. The molecule has 0 aromatic heterocycles. The van der Waals surface area contributed by atoms with E-state index in [2.05, 4.69) is 23.3 Å². The fraction of sp³-hybridized carbons (Fsp3) is 1.00. The maximum absolute atomic E-state index is 2.70. The number of nitrogens with two attached hydrogens (primary N) is 1. The summed E-state index contributed by atoms with van der Waals surface area (Å²) < 4.78 is 2.70. The van der Waals surface area contributed by atoms with E-state index in [1.165, 1.54) is 26.2 Å². The molecule has 0 saturated carbocycles. The van der Waals surface area contributed by atoms with Gasteiger partial charge in [0.2, 0.25) is 0 Å². The molecular formula is C6H16N2PW+. The zero-order valence-corrected chi connectivity index (χ0v) is 10.5. The molecule has 2 nitrogen and oxygen atoms in total. The van der Waals surface area contributed by atoms with Gasteiger partial charge in [0.1, 0.15) is 0 Å². The molecule has 0 unspecified atom stereocenters. The molecule has 0 radical (unpaired) electrons. The van der Waals surface area contributed by atoms with Gasteiger partial charge >= 0.3 is 73.4 Å². The zero-order valence-electron chi connectivity index (χ0n) is 6.71. The van der Waals surface area contributed by atoms with Gasteiger partial charge in [-0.15, -0.1) is 0 Å². The van der Waals surface area contributed by atoms with Crippen molar-refractivity contribution in [3.05, 3.63) is 0 Å². The first-order valence-corrected chi connectivity index (χ1v) is 10.2. The Labute approximate surface area is 73.5 Å². The van der Waals surface area contributed by atoms with Crippen LogP contribution in [0.4, 0.5) is 0 Å². The van der Waals surface area contributed by atoms with E-state index < -0.39 is 5.05 Å². The van der Waals surface area contributed by atoms with Gasteiger partial charge in [-0.25, -0.2) is 0 Å². The molecule has 0 spiro atoms. The van der Waals surface area contributed by atoms with Crippen molar-refractivity contribution in [2.75, 3.05) is 39.5 Å². The van der Waals surface area contributed by atoms with Crippen LogP contribution in [0, 0.1) is 0 Å². The topological polar surface area (TPSA) is 19.9 Å². The fourth-order valence-corrected chi connectivity index (χ4v) is 4.17. The Bertz CT molecular complexity index is 148. The van der Waals surface area contributed by atoms with Crippen molar-refractivity contribution in [2.45, 2.75) is 0 Å². The molecule has 1 saturated heterocycles. The molecule has 0 aromatic rings. The van der Waals surface area contributed by atoms with Crippen molar-refractivity contribution in [3.63, 3.8) is 0 Å². The van der Waals surface area contributed by atoms with Gasteiger partial charge in [0.25, 0.3) is 0 Å². The first kappa shape index (κ1) is 9.13. The SMILES string of the molecule is C[P](C)(=[W])N1CC[NH2+]CC1. The van der Waals surface area contributed by atoms with E-state index >= 15 is 0 Å². The van der Waals surface area contributed by atoms with Crippen LogP contribution >= 0.6 is 5.05 Å². The minimum atomic E-state index is -0.594. The maximum atomic E-state index is 2.70. The second-order valence-electron chi connectivity index (χ2n) is 3.11. The van der Waals surface area contributed by atoms with Crippen LogP contribution in [0.1, 0.15) is 0 Å². The van der Waals surface area contributed by atoms with E-state index in [1.54, 1.807) is 18.8 Å².